The van der Waals surface area contributed by atoms with Gasteiger partial charge in [-0.15, -0.1) is 16.8 Å². The highest BCUT2D eigenvalue weighted by Crippen LogP contribution is 2.24. The maximum Gasteiger partial charge on any atom is 0.234 e. The number of thioether (sulfide) groups is 1. The number of anilines is 1. The third-order valence-corrected chi connectivity index (χ3v) is 5.55. The van der Waals surface area contributed by atoms with Crippen LogP contribution in [-0.2, 0) is 11.3 Å². The van der Waals surface area contributed by atoms with Gasteiger partial charge in [-0.05, 0) is 42.8 Å². The van der Waals surface area contributed by atoms with Crippen LogP contribution in [0.2, 0.25) is 0 Å². The van der Waals surface area contributed by atoms with Gasteiger partial charge in [-0.1, -0.05) is 39.8 Å². The zero-order valence-corrected chi connectivity index (χ0v) is 17.1. The van der Waals surface area contributed by atoms with Gasteiger partial charge in [0.2, 0.25) is 5.91 Å². The summed E-state index contributed by atoms with van der Waals surface area (Å²) in [6.45, 7) is 6.30. The van der Waals surface area contributed by atoms with E-state index in [4.69, 9.17) is 0 Å². The van der Waals surface area contributed by atoms with E-state index < -0.39 is 0 Å². The molecule has 1 N–H and O–H groups in total. The Morgan fingerprint density at radius 2 is 2.19 bits per heavy atom. The van der Waals surface area contributed by atoms with Crippen LogP contribution >= 0.6 is 27.7 Å². The number of carbonyl (C=O) groups is 1. The van der Waals surface area contributed by atoms with E-state index in [1.165, 1.54) is 11.8 Å². The number of benzene rings is 1. The second-order valence-electron chi connectivity index (χ2n) is 5.72. The van der Waals surface area contributed by atoms with Gasteiger partial charge in [-0.25, -0.2) is 0 Å². The molecule has 2 heterocycles. The zero-order chi connectivity index (χ0) is 19.2. The van der Waals surface area contributed by atoms with Crippen molar-refractivity contribution >= 4 is 39.3 Å². The fourth-order valence-corrected chi connectivity index (χ4v) is 3.42. The molecule has 3 rings (SSSR count). The second kappa shape index (κ2) is 8.96. The highest BCUT2D eigenvalue weighted by molar-refractivity contribution is 9.10. The topological polar surface area (TPSA) is 72.7 Å². The van der Waals surface area contributed by atoms with Gasteiger partial charge in [0.1, 0.15) is 5.69 Å². The summed E-state index contributed by atoms with van der Waals surface area (Å²) in [5, 5.41) is 12.0. The number of hydrogen-bond donors (Lipinski definition) is 1. The Labute approximate surface area is 170 Å². The molecule has 0 aliphatic heterocycles. The Morgan fingerprint density at radius 3 is 2.89 bits per heavy atom. The standard InChI is InChI=1S/C19H18BrN5OS/c1-3-10-25-18(16-6-4-5-9-21-16)23-24-19(25)27-12-17(26)22-14-7-8-15(20)13(2)11-14/h3-9,11H,1,10,12H2,2H3,(H,22,26). The molecule has 0 saturated heterocycles. The number of nitrogens with zero attached hydrogens (tertiary/aromatic N) is 4. The van der Waals surface area contributed by atoms with Gasteiger partial charge in [0, 0.05) is 22.9 Å². The first-order valence-electron chi connectivity index (χ1n) is 8.23. The van der Waals surface area contributed by atoms with Gasteiger partial charge in [-0.3, -0.25) is 14.3 Å². The third kappa shape index (κ3) is 4.84. The molecular formula is C19H18BrN5OS. The molecule has 0 aliphatic carbocycles. The molecule has 8 heteroatoms. The van der Waals surface area contributed by atoms with Crippen LogP contribution in [0.1, 0.15) is 5.56 Å². The van der Waals surface area contributed by atoms with Crippen molar-refractivity contribution in [3.05, 3.63) is 65.3 Å². The van der Waals surface area contributed by atoms with Crippen LogP contribution in [-0.4, -0.2) is 31.4 Å². The van der Waals surface area contributed by atoms with Crippen molar-refractivity contribution in [3.8, 4) is 11.5 Å². The molecule has 0 spiro atoms. The molecule has 0 fully saturated rings. The van der Waals surface area contributed by atoms with Gasteiger partial charge in [-0.2, -0.15) is 0 Å². The molecule has 1 aromatic carbocycles. The molecule has 27 heavy (non-hydrogen) atoms. The van der Waals surface area contributed by atoms with Crippen molar-refractivity contribution in [3.63, 3.8) is 0 Å². The SMILES string of the molecule is C=CCn1c(SCC(=O)Nc2ccc(Br)c(C)c2)nnc1-c1ccccn1. The summed E-state index contributed by atoms with van der Waals surface area (Å²) in [5.74, 6) is 0.781. The minimum absolute atomic E-state index is 0.103. The van der Waals surface area contributed by atoms with Crippen LogP contribution in [0.5, 0.6) is 0 Å². The number of hydrogen-bond acceptors (Lipinski definition) is 5. The highest BCUT2D eigenvalue weighted by Gasteiger charge is 2.15. The molecule has 0 bridgehead atoms. The smallest absolute Gasteiger partial charge is 0.234 e. The largest absolute Gasteiger partial charge is 0.325 e. The molecule has 6 nitrogen and oxygen atoms in total. The molecule has 0 saturated carbocycles. The molecule has 0 aliphatic rings. The number of carbonyl (C=O) groups excluding carboxylic acids is 1. The molecule has 0 atom stereocenters. The first kappa shape index (κ1) is 19.3. The number of aryl methyl sites for hydroxylation is 1. The fraction of sp³-hybridized carbons (Fsp3) is 0.158. The van der Waals surface area contributed by atoms with Crippen molar-refractivity contribution in [1.29, 1.82) is 0 Å². The van der Waals surface area contributed by atoms with E-state index in [0.717, 1.165) is 21.4 Å². The molecule has 1 amide bonds. The van der Waals surface area contributed by atoms with Crippen LogP contribution < -0.4 is 5.32 Å². The third-order valence-electron chi connectivity index (χ3n) is 3.70. The van der Waals surface area contributed by atoms with Gasteiger partial charge >= 0.3 is 0 Å². The van der Waals surface area contributed by atoms with Crippen LogP contribution in [0.15, 0.2) is 64.9 Å². The molecule has 3 aromatic rings. The van der Waals surface area contributed by atoms with E-state index in [1.54, 1.807) is 12.3 Å². The van der Waals surface area contributed by atoms with Crippen LogP contribution in [0.3, 0.4) is 0 Å². The Bertz CT molecular complexity index is 958. The van der Waals surface area contributed by atoms with Gasteiger partial charge in [0.15, 0.2) is 11.0 Å². The second-order valence-corrected chi connectivity index (χ2v) is 7.52. The van der Waals surface area contributed by atoms with E-state index in [-0.39, 0.29) is 11.7 Å². The lowest BCUT2D eigenvalue weighted by Crippen LogP contribution is -2.14. The Morgan fingerprint density at radius 1 is 1.33 bits per heavy atom. The zero-order valence-electron chi connectivity index (χ0n) is 14.7. The van der Waals surface area contributed by atoms with E-state index in [0.29, 0.717) is 17.5 Å². The summed E-state index contributed by atoms with van der Waals surface area (Å²) < 4.78 is 2.91. The number of aromatic nitrogens is 4. The van der Waals surface area contributed by atoms with Crippen LogP contribution in [0.25, 0.3) is 11.5 Å². The Balaban J connectivity index is 1.70. The lowest BCUT2D eigenvalue weighted by Gasteiger charge is -2.08. The van der Waals surface area contributed by atoms with Crippen LogP contribution in [0, 0.1) is 6.92 Å². The number of nitrogens with one attached hydrogen (secondary N) is 1. The fourth-order valence-electron chi connectivity index (χ4n) is 2.42. The predicted octanol–water partition coefficient (Wildman–Crippen LogP) is 4.33. The summed E-state index contributed by atoms with van der Waals surface area (Å²) in [6.07, 6.45) is 3.48. The number of allylic oxidation sites excluding steroid dienone is 1. The molecule has 138 valence electrons. The van der Waals surface area contributed by atoms with Gasteiger partial charge in [0.05, 0.1) is 5.75 Å². The van der Waals surface area contributed by atoms with Gasteiger partial charge < -0.3 is 5.32 Å². The van der Waals surface area contributed by atoms with Crippen molar-refractivity contribution in [1.82, 2.24) is 19.7 Å². The minimum atomic E-state index is -0.103. The van der Waals surface area contributed by atoms with Crippen molar-refractivity contribution in [2.45, 2.75) is 18.6 Å². The minimum Gasteiger partial charge on any atom is -0.325 e. The van der Waals surface area contributed by atoms with Crippen molar-refractivity contribution < 1.29 is 4.79 Å². The average molecular weight is 444 g/mol. The molecule has 2 aromatic heterocycles. The van der Waals surface area contributed by atoms with E-state index in [9.17, 15) is 4.79 Å². The Kier molecular flexibility index (Phi) is 6.41. The predicted molar refractivity (Wildman–Crippen MR) is 112 cm³/mol. The van der Waals surface area contributed by atoms with Gasteiger partial charge in [0.25, 0.3) is 0 Å². The van der Waals surface area contributed by atoms with E-state index in [1.807, 2.05) is 47.9 Å². The molecule has 0 unspecified atom stereocenters. The monoisotopic (exact) mass is 443 g/mol. The number of halogens is 1. The lowest BCUT2D eigenvalue weighted by atomic mass is 10.2. The number of amides is 1. The summed E-state index contributed by atoms with van der Waals surface area (Å²) in [7, 11) is 0. The summed E-state index contributed by atoms with van der Waals surface area (Å²) in [5.41, 5.74) is 2.56. The summed E-state index contributed by atoms with van der Waals surface area (Å²) in [6, 6.07) is 11.3. The Hall–Kier alpha value is -2.45. The van der Waals surface area contributed by atoms with Crippen molar-refractivity contribution in [2.24, 2.45) is 0 Å². The first-order valence-corrected chi connectivity index (χ1v) is 10.0. The maximum atomic E-state index is 12.3. The summed E-state index contributed by atoms with van der Waals surface area (Å²) >= 11 is 4.78. The summed E-state index contributed by atoms with van der Waals surface area (Å²) in [4.78, 5) is 16.6. The highest BCUT2D eigenvalue weighted by atomic mass is 79.9. The number of rotatable bonds is 7. The molecular weight excluding hydrogens is 426 g/mol. The first-order chi connectivity index (χ1) is 13.1. The van der Waals surface area contributed by atoms with Crippen molar-refractivity contribution in [2.75, 3.05) is 11.1 Å². The average Bonchev–Trinajstić information content (AvgIpc) is 3.07. The quantitative estimate of drug-likeness (QED) is 0.434. The molecule has 0 radical (unpaired) electrons. The van der Waals surface area contributed by atoms with E-state index >= 15 is 0 Å². The number of pyridine rings is 1. The maximum absolute atomic E-state index is 12.3. The lowest BCUT2D eigenvalue weighted by molar-refractivity contribution is -0.113. The van der Waals surface area contributed by atoms with Crippen LogP contribution in [0.4, 0.5) is 5.69 Å². The van der Waals surface area contributed by atoms with E-state index in [2.05, 4.69) is 43.0 Å². The normalized spacial score (nSPS) is 10.6.